The molecule has 0 unspecified atom stereocenters. The molecule has 0 bridgehead atoms. The molecule has 23 heavy (non-hydrogen) atoms. The lowest BCUT2D eigenvalue weighted by Crippen LogP contribution is -2.00. The number of carboxylic acids is 1. The summed E-state index contributed by atoms with van der Waals surface area (Å²) in [6.45, 7) is 0. The third kappa shape index (κ3) is 4.27. The first kappa shape index (κ1) is 17.6. The molecule has 0 heterocycles. The van der Waals surface area contributed by atoms with Crippen molar-refractivity contribution in [2.45, 2.75) is 0 Å². The molecule has 0 atom stereocenters. The van der Waals surface area contributed by atoms with Crippen molar-refractivity contribution in [3.8, 4) is 23.0 Å². The van der Waals surface area contributed by atoms with Crippen molar-refractivity contribution >= 4 is 11.9 Å². The molecule has 0 spiro atoms. The Morgan fingerprint density at radius 2 is 1.26 bits per heavy atom. The Morgan fingerprint density at radius 1 is 0.826 bits per heavy atom. The van der Waals surface area contributed by atoms with E-state index >= 15 is 0 Å². The summed E-state index contributed by atoms with van der Waals surface area (Å²) in [5.74, 6) is -3.76. The number of carboxylic acid groups (broad SMARTS) is 1. The summed E-state index contributed by atoms with van der Waals surface area (Å²) in [7, 11) is 1.20. The highest BCUT2D eigenvalue weighted by molar-refractivity contribution is 5.93. The molecule has 0 aliphatic carbocycles. The highest BCUT2D eigenvalue weighted by Gasteiger charge is 2.13. The van der Waals surface area contributed by atoms with Crippen LogP contribution in [-0.4, -0.2) is 44.6 Å². The third-order valence-corrected chi connectivity index (χ3v) is 2.67. The van der Waals surface area contributed by atoms with Crippen LogP contribution in [0, 0.1) is 0 Å². The molecule has 2 aromatic carbocycles. The molecule has 5 N–H and O–H groups in total. The van der Waals surface area contributed by atoms with Crippen LogP contribution >= 0.6 is 0 Å². The quantitative estimate of drug-likeness (QED) is 0.415. The fourth-order valence-electron chi connectivity index (χ4n) is 1.51. The number of phenolic OH excluding ortho intramolecular Hbond substituents is 3. The largest absolute Gasteiger partial charge is 0.504 e. The van der Waals surface area contributed by atoms with Gasteiger partial charge in [0.1, 0.15) is 11.1 Å². The van der Waals surface area contributed by atoms with Gasteiger partial charge in [0.05, 0.1) is 7.11 Å². The number of methoxy groups -OCH3 is 1. The highest BCUT2D eigenvalue weighted by atomic mass is 16.5. The van der Waals surface area contributed by atoms with E-state index in [1.165, 1.54) is 43.5 Å². The summed E-state index contributed by atoms with van der Waals surface area (Å²) in [5, 5.41) is 44.3. The predicted molar refractivity (Wildman–Crippen MR) is 77.8 cm³/mol. The number of esters is 1. The van der Waals surface area contributed by atoms with Crippen molar-refractivity contribution in [1.29, 1.82) is 0 Å². The number of hydrogen-bond donors (Lipinski definition) is 5. The minimum atomic E-state index is -1.27. The Kier molecular flexibility index (Phi) is 5.79. The topological polar surface area (TPSA) is 145 Å². The average Bonchev–Trinajstić information content (AvgIpc) is 2.52. The molecule has 2 rings (SSSR count). The second kappa shape index (κ2) is 7.55. The Morgan fingerprint density at radius 3 is 1.65 bits per heavy atom. The number of aromatic hydroxyl groups is 4. The van der Waals surface area contributed by atoms with Gasteiger partial charge in [0.25, 0.3) is 0 Å². The molecule has 8 heteroatoms. The van der Waals surface area contributed by atoms with Gasteiger partial charge in [-0.25, -0.2) is 9.59 Å². The molecule has 0 saturated carbocycles. The zero-order valence-corrected chi connectivity index (χ0v) is 11.9. The van der Waals surface area contributed by atoms with E-state index < -0.39 is 29.2 Å². The van der Waals surface area contributed by atoms with Crippen molar-refractivity contribution in [2.75, 3.05) is 7.11 Å². The van der Waals surface area contributed by atoms with Gasteiger partial charge in [-0.2, -0.15) is 0 Å². The number of benzene rings is 2. The molecule has 0 fully saturated rings. The van der Waals surface area contributed by atoms with Gasteiger partial charge in [0, 0.05) is 0 Å². The van der Waals surface area contributed by atoms with Gasteiger partial charge in [-0.3, -0.25) is 0 Å². The number of carbonyl (C=O) groups is 2. The van der Waals surface area contributed by atoms with Gasteiger partial charge in [-0.15, -0.1) is 0 Å². The minimum absolute atomic E-state index is 0.0440. The Hall–Kier alpha value is -3.42. The minimum Gasteiger partial charge on any atom is -0.504 e. The number of para-hydroxylation sites is 2. The number of aromatic carboxylic acids is 1. The van der Waals surface area contributed by atoms with Crippen LogP contribution in [0.5, 0.6) is 23.0 Å². The SMILES string of the molecule is COC(=O)c1cccc(O)c1O.O=C(O)c1cccc(O)c1O. The summed E-state index contributed by atoms with van der Waals surface area (Å²) in [4.78, 5) is 21.2. The molecular weight excluding hydrogens is 308 g/mol. The summed E-state index contributed by atoms with van der Waals surface area (Å²) >= 11 is 0. The van der Waals surface area contributed by atoms with Crippen molar-refractivity contribution in [3.05, 3.63) is 47.5 Å². The van der Waals surface area contributed by atoms with Crippen LogP contribution < -0.4 is 0 Å². The molecule has 0 aliphatic heterocycles. The molecule has 2 aromatic rings. The lowest BCUT2D eigenvalue weighted by atomic mass is 10.2. The first-order valence-electron chi connectivity index (χ1n) is 6.13. The Bertz CT molecular complexity index is 723. The maximum atomic E-state index is 10.9. The number of ether oxygens (including phenoxy) is 1. The van der Waals surface area contributed by atoms with E-state index in [1.54, 1.807) is 0 Å². The van der Waals surface area contributed by atoms with Crippen molar-refractivity contribution < 1.29 is 39.9 Å². The maximum absolute atomic E-state index is 10.9. The predicted octanol–water partition coefficient (Wildman–Crippen LogP) is 1.68. The molecule has 0 saturated heterocycles. The van der Waals surface area contributed by atoms with E-state index in [0.29, 0.717) is 0 Å². The van der Waals surface area contributed by atoms with Crippen molar-refractivity contribution in [2.24, 2.45) is 0 Å². The van der Waals surface area contributed by atoms with Gasteiger partial charge >= 0.3 is 11.9 Å². The van der Waals surface area contributed by atoms with Crippen molar-refractivity contribution in [3.63, 3.8) is 0 Å². The fourth-order valence-corrected chi connectivity index (χ4v) is 1.51. The molecule has 0 amide bonds. The van der Waals surface area contributed by atoms with Crippen LogP contribution in [0.25, 0.3) is 0 Å². The Balaban J connectivity index is 0.000000231. The van der Waals surface area contributed by atoms with Crippen LogP contribution in [0.1, 0.15) is 20.7 Å². The lowest BCUT2D eigenvalue weighted by Gasteiger charge is -2.02. The summed E-state index contributed by atoms with van der Waals surface area (Å²) in [6.07, 6.45) is 0. The van der Waals surface area contributed by atoms with Crippen molar-refractivity contribution in [1.82, 2.24) is 0 Å². The van der Waals surface area contributed by atoms with Gasteiger partial charge in [-0.05, 0) is 24.3 Å². The van der Waals surface area contributed by atoms with Crippen LogP contribution in [0.3, 0.4) is 0 Å². The van der Waals surface area contributed by atoms with E-state index in [9.17, 15) is 9.59 Å². The molecular formula is C15H14O8. The van der Waals surface area contributed by atoms with E-state index in [0.717, 1.165) is 0 Å². The Labute approximate surface area is 130 Å². The van der Waals surface area contributed by atoms with Crippen LogP contribution in [0.4, 0.5) is 0 Å². The van der Waals surface area contributed by atoms with Crippen LogP contribution in [0.2, 0.25) is 0 Å². The van der Waals surface area contributed by atoms with Crippen LogP contribution in [-0.2, 0) is 4.74 Å². The normalized spacial score (nSPS) is 9.43. The van der Waals surface area contributed by atoms with E-state index in [2.05, 4.69) is 4.74 Å². The smallest absolute Gasteiger partial charge is 0.341 e. The van der Waals surface area contributed by atoms with Gasteiger partial charge < -0.3 is 30.3 Å². The zero-order chi connectivity index (χ0) is 17.6. The monoisotopic (exact) mass is 322 g/mol. The average molecular weight is 322 g/mol. The van der Waals surface area contributed by atoms with E-state index in [4.69, 9.17) is 25.5 Å². The summed E-state index contributed by atoms with van der Waals surface area (Å²) in [5.41, 5.74) is -0.345. The molecule has 8 nitrogen and oxygen atoms in total. The number of phenols is 4. The molecule has 0 aliphatic rings. The molecule has 122 valence electrons. The summed E-state index contributed by atoms with van der Waals surface area (Å²) < 4.78 is 4.36. The number of rotatable bonds is 2. The second-order valence-electron chi connectivity index (χ2n) is 4.14. The van der Waals surface area contributed by atoms with Gasteiger partial charge in [0.2, 0.25) is 0 Å². The van der Waals surface area contributed by atoms with Crippen LogP contribution in [0.15, 0.2) is 36.4 Å². The zero-order valence-electron chi connectivity index (χ0n) is 11.9. The number of hydrogen-bond acceptors (Lipinski definition) is 7. The highest BCUT2D eigenvalue weighted by Crippen LogP contribution is 2.28. The van der Waals surface area contributed by atoms with E-state index in [1.807, 2.05) is 0 Å². The molecule has 0 aromatic heterocycles. The first-order valence-corrected chi connectivity index (χ1v) is 6.13. The third-order valence-electron chi connectivity index (χ3n) is 2.67. The maximum Gasteiger partial charge on any atom is 0.341 e. The molecule has 0 radical (unpaired) electrons. The fraction of sp³-hybridized carbons (Fsp3) is 0.0667. The van der Waals surface area contributed by atoms with Gasteiger partial charge in [0.15, 0.2) is 23.0 Å². The van der Waals surface area contributed by atoms with Gasteiger partial charge in [-0.1, -0.05) is 12.1 Å². The lowest BCUT2D eigenvalue weighted by molar-refractivity contribution is 0.0595. The second-order valence-corrected chi connectivity index (χ2v) is 4.14. The number of carbonyl (C=O) groups excluding carboxylic acids is 1. The first-order chi connectivity index (χ1) is 10.8. The standard InChI is InChI=1S/C8H8O4.C7H6O4/c1-12-8(11)5-3-2-4-6(9)7(5)10;8-5-3-1-2-4(6(5)9)7(10)11/h2-4,9-10H,1H3;1-3,8-9H,(H,10,11). The summed E-state index contributed by atoms with van der Waals surface area (Å²) in [6, 6.07) is 7.85. The van der Waals surface area contributed by atoms with E-state index in [-0.39, 0.29) is 16.9 Å².